The minimum absolute atomic E-state index is 0.00701. The van der Waals surface area contributed by atoms with Crippen LogP contribution in [0.25, 0.3) is 6.08 Å². The van der Waals surface area contributed by atoms with E-state index in [1.165, 1.54) is 24.3 Å². The van der Waals surface area contributed by atoms with Gasteiger partial charge in [0, 0.05) is 23.7 Å². The molecule has 0 atom stereocenters. The fraction of sp³-hybridized carbons (Fsp3) is 0.176. The Morgan fingerprint density at radius 3 is 2.52 bits per heavy atom. The van der Waals surface area contributed by atoms with E-state index in [-0.39, 0.29) is 17.1 Å². The molecule has 0 spiro atoms. The molecule has 0 unspecified atom stereocenters. The summed E-state index contributed by atoms with van der Waals surface area (Å²) >= 11 is 5.89. The number of hydrogen-bond acceptors (Lipinski definition) is 4. The Morgan fingerprint density at radius 1 is 1.16 bits per heavy atom. The minimum Gasteiger partial charge on any atom is -0.258 e. The number of hydrogen-bond donors (Lipinski definition) is 1. The largest absolute Gasteiger partial charge is 0.269 e. The van der Waals surface area contributed by atoms with Crippen LogP contribution in [0.3, 0.4) is 0 Å². The van der Waals surface area contributed by atoms with Crippen LogP contribution in [-0.2, 0) is 10.0 Å². The molecular weight excluding hydrogens is 364 g/mol. The number of rotatable bonds is 8. The Balaban J connectivity index is 1.81. The van der Waals surface area contributed by atoms with Gasteiger partial charge in [-0.1, -0.05) is 35.9 Å². The topological polar surface area (TPSA) is 89.3 Å². The lowest BCUT2D eigenvalue weighted by Crippen LogP contribution is -2.24. The first-order valence-corrected chi connectivity index (χ1v) is 9.41. The van der Waals surface area contributed by atoms with Crippen LogP contribution >= 0.6 is 11.6 Å². The zero-order valence-electron chi connectivity index (χ0n) is 13.3. The summed E-state index contributed by atoms with van der Waals surface area (Å²) in [5.74, 6) is 0. The number of nitro groups is 1. The van der Waals surface area contributed by atoms with Gasteiger partial charge in [0.05, 0.1) is 9.82 Å². The minimum atomic E-state index is -3.66. The molecule has 0 amide bonds. The molecule has 0 aliphatic rings. The number of nitrogens with one attached hydrogen (secondary N) is 1. The highest BCUT2D eigenvalue weighted by Crippen LogP contribution is 2.16. The van der Waals surface area contributed by atoms with E-state index in [1.54, 1.807) is 6.07 Å². The second kappa shape index (κ2) is 8.75. The third-order valence-electron chi connectivity index (χ3n) is 3.36. The van der Waals surface area contributed by atoms with E-state index in [1.807, 2.05) is 30.4 Å². The summed E-state index contributed by atoms with van der Waals surface area (Å²) in [5.41, 5.74) is 0.837. The smallest absolute Gasteiger partial charge is 0.258 e. The summed E-state index contributed by atoms with van der Waals surface area (Å²) < 4.78 is 26.7. The maximum absolute atomic E-state index is 12.1. The van der Waals surface area contributed by atoms with Crippen LogP contribution in [0, 0.1) is 10.1 Å². The fourth-order valence-corrected chi connectivity index (χ4v) is 3.36. The summed E-state index contributed by atoms with van der Waals surface area (Å²) in [6.07, 6.45) is 5.21. The number of benzene rings is 2. The highest BCUT2D eigenvalue weighted by Gasteiger charge is 2.14. The molecule has 0 aromatic heterocycles. The third-order valence-corrected chi connectivity index (χ3v) is 5.07. The van der Waals surface area contributed by atoms with Gasteiger partial charge >= 0.3 is 0 Å². The van der Waals surface area contributed by atoms with Crippen molar-refractivity contribution in [1.82, 2.24) is 4.72 Å². The van der Waals surface area contributed by atoms with Gasteiger partial charge in [-0.3, -0.25) is 10.1 Å². The van der Waals surface area contributed by atoms with Gasteiger partial charge in [-0.25, -0.2) is 13.1 Å². The molecule has 2 aromatic rings. The van der Waals surface area contributed by atoms with Gasteiger partial charge in [0.15, 0.2) is 0 Å². The van der Waals surface area contributed by atoms with E-state index >= 15 is 0 Å². The first-order valence-electron chi connectivity index (χ1n) is 7.55. The number of sulfonamides is 1. The molecule has 1 N–H and O–H groups in total. The monoisotopic (exact) mass is 380 g/mol. The van der Waals surface area contributed by atoms with Gasteiger partial charge in [0.2, 0.25) is 10.0 Å². The number of nitro benzene ring substituents is 1. The highest BCUT2D eigenvalue weighted by atomic mass is 35.5. The molecule has 0 bridgehead atoms. The first-order chi connectivity index (χ1) is 11.9. The maximum Gasteiger partial charge on any atom is 0.269 e. The van der Waals surface area contributed by atoms with Crippen molar-refractivity contribution >= 4 is 33.4 Å². The molecule has 132 valence electrons. The quantitative estimate of drug-likeness (QED) is 0.425. The maximum atomic E-state index is 12.1. The molecule has 8 heteroatoms. The second-order valence-corrected chi connectivity index (χ2v) is 7.45. The van der Waals surface area contributed by atoms with Crippen molar-refractivity contribution in [2.75, 3.05) is 6.54 Å². The predicted octanol–water partition coefficient (Wildman–Crippen LogP) is 4.02. The first kappa shape index (κ1) is 19.1. The fourth-order valence-electron chi connectivity index (χ4n) is 2.09. The van der Waals surface area contributed by atoms with E-state index in [0.717, 1.165) is 5.56 Å². The highest BCUT2D eigenvalue weighted by molar-refractivity contribution is 7.89. The molecule has 0 aliphatic heterocycles. The summed E-state index contributed by atoms with van der Waals surface area (Å²) in [5, 5.41) is 11.2. The van der Waals surface area contributed by atoms with Crippen LogP contribution in [0.2, 0.25) is 5.02 Å². The molecule has 0 radical (unpaired) electrons. The van der Waals surface area contributed by atoms with Crippen molar-refractivity contribution < 1.29 is 13.3 Å². The van der Waals surface area contributed by atoms with Gasteiger partial charge in [0.1, 0.15) is 0 Å². The Labute approximate surface area is 151 Å². The Bertz CT molecular complexity index is 864. The summed E-state index contributed by atoms with van der Waals surface area (Å²) in [6, 6.07) is 12.2. The van der Waals surface area contributed by atoms with Gasteiger partial charge in [-0.2, -0.15) is 0 Å². The van der Waals surface area contributed by atoms with E-state index in [4.69, 9.17) is 11.6 Å². The molecule has 0 heterocycles. The molecular formula is C17H17ClN2O4S. The van der Waals surface area contributed by atoms with Crippen LogP contribution in [0.1, 0.15) is 18.4 Å². The Hall–Kier alpha value is -2.22. The zero-order valence-corrected chi connectivity index (χ0v) is 14.8. The van der Waals surface area contributed by atoms with Crippen molar-refractivity contribution in [3.8, 4) is 0 Å². The molecule has 0 saturated carbocycles. The Kier molecular flexibility index (Phi) is 6.69. The molecule has 0 aliphatic carbocycles. The number of halogens is 1. The molecule has 6 nitrogen and oxygen atoms in total. The van der Waals surface area contributed by atoms with Crippen molar-refractivity contribution in [3.63, 3.8) is 0 Å². The molecule has 2 aromatic carbocycles. The lowest BCUT2D eigenvalue weighted by atomic mass is 10.2. The van der Waals surface area contributed by atoms with Gasteiger partial charge in [-0.15, -0.1) is 0 Å². The van der Waals surface area contributed by atoms with Crippen molar-refractivity contribution in [3.05, 3.63) is 75.3 Å². The van der Waals surface area contributed by atoms with E-state index < -0.39 is 14.9 Å². The van der Waals surface area contributed by atoms with Gasteiger partial charge in [0.25, 0.3) is 5.69 Å². The van der Waals surface area contributed by atoms with Crippen molar-refractivity contribution in [2.45, 2.75) is 17.7 Å². The zero-order chi connectivity index (χ0) is 18.3. The second-order valence-electron chi connectivity index (χ2n) is 5.25. The summed E-state index contributed by atoms with van der Waals surface area (Å²) in [6.45, 7) is 0.277. The average Bonchev–Trinajstić information content (AvgIpc) is 2.58. The standard InChI is InChI=1S/C17H17ClN2O4S/c18-15-7-4-6-14(13-15)5-2-1-3-12-19-25(23,24)17-10-8-16(9-11-17)20(21)22/h2,4-11,13,19H,1,3,12H2/b5-2+. The molecule has 25 heavy (non-hydrogen) atoms. The van der Waals surface area contributed by atoms with Crippen molar-refractivity contribution in [1.29, 1.82) is 0 Å². The summed E-state index contributed by atoms with van der Waals surface area (Å²) in [4.78, 5) is 10.0. The lowest BCUT2D eigenvalue weighted by Gasteiger charge is -2.05. The van der Waals surface area contributed by atoms with E-state index in [9.17, 15) is 18.5 Å². The lowest BCUT2D eigenvalue weighted by molar-refractivity contribution is -0.384. The van der Waals surface area contributed by atoms with Gasteiger partial charge in [-0.05, 0) is 42.7 Å². The van der Waals surface area contributed by atoms with Gasteiger partial charge < -0.3 is 0 Å². The molecule has 0 saturated heterocycles. The number of non-ortho nitro benzene ring substituents is 1. The predicted molar refractivity (Wildman–Crippen MR) is 98.0 cm³/mol. The average molecular weight is 381 g/mol. The molecule has 0 fully saturated rings. The van der Waals surface area contributed by atoms with Crippen LogP contribution in [-0.4, -0.2) is 19.9 Å². The Morgan fingerprint density at radius 2 is 1.88 bits per heavy atom. The number of unbranched alkanes of at least 4 members (excludes halogenated alkanes) is 1. The van der Waals surface area contributed by atoms with E-state index in [0.29, 0.717) is 17.9 Å². The third kappa shape index (κ3) is 5.97. The molecule has 2 rings (SSSR count). The van der Waals surface area contributed by atoms with Crippen LogP contribution in [0.15, 0.2) is 59.5 Å². The van der Waals surface area contributed by atoms with Crippen LogP contribution < -0.4 is 4.72 Å². The number of allylic oxidation sites excluding steroid dienone is 1. The normalized spacial score (nSPS) is 11.7. The number of nitrogens with zero attached hydrogens (tertiary/aromatic N) is 1. The van der Waals surface area contributed by atoms with Crippen LogP contribution in [0.5, 0.6) is 0 Å². The van der Waals surface area contributed by atoms with Crippen molar-refractivity contribution in [2.24, 2.45) is 0 Å². The van der Waals surface area contributed by atoms with E-state index in [2.05, 4.69) is 4.72 Å². The summed E-state index contributed by atoms with van der Waals surface area (Å²) in [7, 11) is -3.66. The van der Waals surface area contributed by atoms with Crippen LogP contribution in [0.4, 0.5) is 5.69 Å². The SMILES string of the molecule is O=[N+]([O-])c1ccc(S(=O)(=O)NCCC/C=C/c2cccc(Cl)c2)cc1.